The molecule has 1 heterocycles. The van der Waals surface area contributed by atoms with E-state index in [9.17, 15) is 4.79 Å². The Morgan fingerprint density at radius 3 is 2.65 bits per heavy atom. The highest BCUT2D eigenvalue weighted by atomic mass is 79.9. The van der Waals surface area contributed by atoms with E-state index in [1.807, 2.05) is 18.2 Å². The number of carbonyl (C=O) groups excluding carboxylic acids is 1. The number of fused-ring (bicyclic) bond motifs is 1. The van der Waals surface area contributed by atoms with Gasteiger partial charge in [-0.1, -0.05) is 6.07 Å². The second-order valence-corrected chi connectivity index (χ2v) is 5.92. The third kappa shape index (κ3) is 2.90. The Hall–Kier alpha value is -1.68. The average Bonchev–Trinajstić information content (AvgIpc) is 2.49. The van der Waals surface area contributed by atoms with Crippen molar-refractivity contribution in [3.63, 3.8) is 0 Å². The van der Waals surface area contributed by atoms with Gasteiger partial charge in [-0.2, -0.15) is 0 Å². The predicted molar refractivity (Wildman–Crippen MR) is 83.0 cm³/mol. The van der Waals surface area contributed by atoms with Gasteiger partial charge >= 0.3 is 0 Å². The van der Waals surface area contributed by atoms with Crippen LogP contribution in [0.15, 0.2) is 41.0 Å². The summed E-state index contributed by atoms with van der Waals surface area (Å²) in [5.41, 5.74) is 3.40. The monoisotopic (exact) mass is 330 g/mol. The number of amides is 1. The molecule has 0 bridgehead atoms. The number of nitrogens with one attached hydrogen (secondary N) is 1. The third-order valence-electron chi connectivity index (χ3n) is 3.58. The molecule has 1 aliphatic rings. The van der Waals surface area contributed by atoms with Gasteiger partial charge in [-0.05, 0) is 77.0 Å². The maximum absolute atomic E-state index is 12.2. The van der Waals surface area contributed by atoms with Crippen LogP contribution in [0.3, 0.4) is 0 Å². The van der Waals surface area contributed by atoms with Crippen molar-refractivity contribution in [3.8, 4) is 0 Å². The first kappa shape index (κ1) is 13.3. The highest BCUT2D eigenvalue weighted by Crippen LogP contribution is 2.22. The van der Waals surface area contributed by atoms with Crippen LogP contribution >= 0.6 is 15.9 Å². The van der Waals surface area contributed by atoms with Crippen molar-refractivity contribution in [2.24, 2.45) is 0 Å². The highest BCUT2D eigenvalue weighted by Gasteiger charge is 2.13. The minimum Gasteiger partial charge on any atom is -0.307 e. The number of hydrogen-bond acceptors (Lipinski definition) is 2. The Labute approximate surface area is 126 Å². The zero-order valence-electron chi connectivity index (χ0n) is 11.0. The third-order valence-corrected chi connectivity index (χ3v) is 4.05. The van der Waals surface area contributed by atoms with Gasteiger partial charge in [0.05, 0.1) is 0 Å². The number of pyridine rings is 1. The Balaban J connectivity index is 1.78. The molecule has 3 rings (SSSR count). The van der Waals surface area contributed by atoms with Crippen molar-refractivity contribution in [2.75, 3.05) is 5.32 Å². The smallest absolute Gasteiger partial charge is 0.256 e. The lowest BCUT2D eigenvalue weighted by Gasteiger charge is -2.16. The minimum absolute atomic E-state index is 0.104. The molecule has 1 aromatic heterocycles. The van der Waals surface area contributed by atoms with E-state index in [1.54, 1.807) is 12.3 Å². The van der Waals surface area contributed by atoms with Crippen molar-refractivity contribution in [1.82, 2.24) is 4.98 Å². The molecule has 0 atom stereocenters. The number of benzene rings is 1. The fourth-order valence-corrected chi connectivity index (χ4v) is 2.75. The molecule has 1 aliphatic carbocycles. The molecular weight excluding hydrogens is 316 g/mol. The van der Waals surface area contributed by atoms with E-state index in [0.29, 0.717) is 11.4 Å². The summed E-state index contributed by atoms with van der Waals surface area (Å²) in [7, 11) is 0. The Bertz CT molecular complexity index is 637. The lowest BCUT2D eigenvalue weighted by molar-refractivity contribution is 0.102. The Morgan fingerprint density at radius 2 is 1.90 bits per heavy atom. The summed E-state index contributed by atoms with van der Waals surface area (Å²) in [6, 6.07) is 9.63. The van der Waals surface area contributed by atoms with Gasteiger partial charge in [0, 0.05) is 16.2 Å². The maximum atomic E-state index is 12.2. The van der Waals surface area contributed by atoms with E-state index in [1.165, 1.54) is 24.0 Å². The van der Waals surface area contributed by atoms with Crippen molar-refractivity contribution < 1.29 is 4.79 Å². The standard InChI is InChI=1S/C16H15BrN2O/c17-14-7-8-15(18-10-14)19-16(20)13-6-5-11-3-1-2-4-12(11)9-13/h5-10H,1-4H2,(H,18,19,20). The topological polar surface area (TPSA) is 42.0 Å². The van der Waals surface area contributed by atoms with E-state index < -0.39 is 0 Å². The number of aromatic nitrogens is 1. The number of carbonyl (C=O) groups is 1. The van der Waals surface area contributed by atoms with Crippen molar-refractivity contribution >= 4 is 27.7 Å². The van der Waals surface area contributed by atoms with E-state index >= 15 is 0 Å². The number of halogens is 1. The molecule has 20 heavy (non-hydrogen) atoms. The molecular formula is C16H15BrN2O. The molecule has 0 unspecified atom stereocenters. The van der Waals surface area contributed by atoms with Gasteiger partial charge in [0.25, 0.3) is 5.91 Å². The number of rotatable bonds is 2. The molecule has 2 aromatic rings. The molecule has 1 N–H and O–H groups in total. The summed E-state index contributed by atoms with van der Waals surface area (Å²) in [6.45, 7) is 0. The van der Waals surface area contributed by atoms with Crippen LogP contribution in [0.1, 0.15) is 34.3 Å². The average molecular weight is 331 g/mol. The molecule has 1 amide bonds. The van der Waals surface area contributed by atoms with Crippen LogP contribution in [-0.2, 0) is 12.8 Å². The van der Waals surface area contributed by atoms with Crippen molar-refractivity contribution in [2.45, 2.75) is 25.7 Å². The second-order valence-electron chi connectivity index (χ2n) is 5.01. The summed E-state index contributed by atoms with van der Waals surface area (Å²) in [4.78, 5) is 16.4. The van der Waals surface area contributed by atoms with Gasteiger partial charge in [-0.15, -0.1) is 0 Å². The molecule has 0 fully saturated rings. The van der Waals surface area contributed by atoms with Gasteiger partial charge < -0.3 is 5.32 Å². The van der Waals surface area contributed by atoms with Crippen LogP contribution < -0.4 is 5.32 Å². The van der Waals surface area contributed by atoms with Crippen LogP contribution in [-0.4, -0.2) is 10.9 Å². The molecule has 4 heteroatoms. The molecule has 0 spiro atoms. The molecule has 0 saturated heterocycles. The minimum atomic E-state index is -0.104. The summed E-state index contributed by atoms with van der Waals surface area (Å²) in [6.07, 6.45) is 6.34. The number of anilines is 1. The lowest BCUT2D eigenvalue weighted by Crippen LogP contribution is -2.14. The number of aryl methyl sites for hydroxylation is 2. The Kier molecular flexibility index (Phi) is 3.83. The lowest BCUT2D eigenvalue weighted by atomic mass is 9.90. The zero-order chi connectivity index (χ0) is 13.9. The van der Waals surface area contributed by atoms with E-state index in [2.05, 4.69) is 32.3 Å². The molecule has 0 saturated carbocycles. The number of hydrogen-bond donors (Lipinski definition) is 1. The first-order valence-corrected chi connectivity index (χ1v) is 7.56. The maximum Gasteiger partial charge on any atom is 0.256 e. The van der Waals surface area contributed by atoms with E-state index in [0.717, 1.165) is 17.3 Å². The largest absolute Gasteiger partial charge is 0.307 e. The summed E-state index contributed by atoms with van der Waals surface area (Å²) in [5, 5.41) is 2.82. The van der Waals surface area contributed by atoms with Crippen molar-refractivity contribution in [3.05, 3.63) is 57.7 Å². The van der Waals surface area contributed by atoms with Crippen LogP contribution in [0.5, 0.6) is 0 Å². The van der Waals surface area contributed by atoms with Gasteiger partial charge in [-0.25, -0.2) is 4.98 Å². The molecule has 102 valence electrons. The summed E-state index contributed by atoms with van der Waals surface area (Å²) < 4.78 is 0.893. The molecule has 1 aromatic carbocycles. The summed E-state index contributed by atoms with van der Waals surface area (Å²) in [5.74, 6) is 0.462. The normalized spacial score (nSPS) is 13.7. The van der Waals surface area contributed by atoms with Gasteiger partial charge in [0.1, 0.15) is 5.82 Å². The fraction of sp³-hybridized carbons (Fsp3) is 0.250. The van der Waals surface area contributed by atoms with Gasteiger partial charge in [0.15, 0.2) is 0 Å². The van der Waals surface area contributed by atoms with Gasteiger partial charge in [-0.3, -0.25) is 4.79 Å². The van der Waals surface area contributed by atoms with Crippen molar-refractivity contribution in [1.29, 1.82) is 0 Å². The number of nitrogens with zero attached hydrogens (tertiary/aromatic N) is 1. The first-order chi connectivity index (χ1) is 9.72. The van der Waals surface area contributed by atoms with Crippen LogP contribution in [0.2, 0.25) is 0 Å². The van der Waals surface area contributed by atoms with Crippen LogP contribution in [0, 0.1) is 0 Å². The summed E-state index contributed by atoms with van der Waals surface area (Å²) >= 11 is 3.32. The zero-order valence-corrected chi connectivity index (χ0v) is 12.6. The molecule has 0 radical (unpaired) electrons. The van der Waals surface area contributed by atoms with E-state index in [-0.39, 0.29) is 5.91 Å². The predicted octanol–water partition coefficient (Wildman–Crippen LogP) is 3.98. The second kappa shape index (κ2) is 5.75. The van der Waals surface area contributed by atoms with E-state index in [4.69, 9.17) is 0 Å². The molecule has 3 nitrogen and oxygen atoms in total. The quantitative estimate of drug-likeness (QED) is 0.905. The highest BCUT2D eigenvalue weighted by molar-refractivity contribution is 9.10. The van der Waals surface area contributed by atoms with Crippen LogP contribution in [0.25, 0.3) is 0 Å². The first-order valence-electron chi connectivity index (χ1n) is 6.77. The fourth-order valence-electron chi connectivity index (χ4n) is 2.51. The molecule has 0 aliphatic heterocycles. The Morgan fingerprint density at radius 1 is 1.10 bits per heavy atom. The van der Waals surface area contributed by atoms with Crippen LogP contribution in [0.4, 0.5) is 5.82 Å². The SMILES string of the molecule is O=C(Nc1ccc(Br)cn1)c1ccc2c(c1)CCCC2. The van der Waals surface area contributed by atoms with Gasteiger partial charge in [0.2, 0.25) is 0 Å².